The second-order valence-corrected chi connectivity index (χ2v) is 3.69. The summed E-state index contributed by atoms with van der Waals surface area (Å²) >= 11 is 5.35. The van der Waals surface area contributed by atoms with Gasteiger partial charge in [-0.1, -0.05) is 13.8 Å². The molecule has 0 bridgehead atoms. The van der Waals surface area contributed by atoms with Crippen molar-refractivity contribution in [2.75, 3.05) is 0 Å². The Morgan fingerprint density at radius 1 is 1.67 bits per heavy atom. The van der Waals surface area contributed by atoms with E-state index in [4.69, 9.17) is 11.6 Å². The number of carbonyl (C=O) groups is 1. The summed E-state index contributed by atoms with van der Waals surface area (Å²) in [5.41, 5.74) is -0.180. The molecule has 0 heterocycles. The van der Waals surface area contributed by atoms with E-state index in [2.05, 4.69) is 6.92 Å². The van der Waals surface area contributed by atoms with E-state index in [1.807, 2.05) is 6.92 Å². The lowest BCUT2D eigenvalue weighted by Crippen LogP contribution is -2.37. The predicted octanol–water partition coefficient (Wildman–Crippen LogP) is 2.19. The van der Waals surface area contributed by atoms with E-state index in [9.17, 15) is 4.79 Å². The van der Waals surface area contributed by atoms with Crippen LogP contribution in [0.5, 0.6) is 0 Å². The van der Waals surface area contributed by atoms with Crippen LogP contribution in [0.25, 0.3) is 0 Å². The molecule has 0 N–H and O–H groups in total. The number of hydrogen-bond donors (Lipinski definition) is 0. The molecule has 52 valence electrons. The first-order valence-corrected chi connectivity index (χ1v) is 3.62. The maximum absolute atomic E-state index is 10.7. The number of rotatable bonds is 1. The van der Waals surface area contributed by atoms with Crippen LogP contribution in [-0.2, 0) is 4.79 Å². The molecule has 0 atom stereocenters. The van der Waals surface area contributed by atoms with E-state index in [1.165, 1.54) is 0 Å². The molecule has 0 aromatic rings. The lowest BCUT2D eigenvalue weighted by atomic mass is 9.65. The Morgan fingerprint density at radius 2 is 2.11 bits per heavy atom. The van der Waals surface area contributed by atoms with Gasteiger partial charge < -0.3 is 0 Å². The van der Waals surface area contributed by atoms with Gasteiger partial charge in [-0.05, 0) is 30.4 Å². The van der Waals surface area contributed by atoms with Crippen LogP contribution in [0.2, 0.25) is 0 Å². The summed E-state index contributed by atoms with van der Waals surface area (Å²) in [6.45, 7) is 4.07. The molecule has 0 aromatic carbocycles. The molecule has 0 aliphatic heterocycles. The molecule has 0 spiro atoms. The van der Waals surface area contributed by atoms with E-state index < -0.39 is 0 Å². The van der Waals surface area contributed by atoms with Crippen molar-refractivity contribution >= 4 is 16.8 Å². The Morgan fingerprint density at radius 3 is 2.22 bits per heavy atom. The van der Waals surface area contributed by atoms with Crippen LogP contribution in [-0.4, -0.2) is 5.24 Å². The fourth-order valence-corrected chi connectivity index (χ4v) is 1.79. The minimum atomic E-state index is -0.180. The monoisotopic (exact) mass is 146 g/mol. The lowest BCUT2D eigenvalue weighted by molar-refractivity contribution is -0.126. The lowest BCUT2D eigenvalue weighted by Gasteiger charge is -2.40. The highest BCUT2D eigenvalue weighted by Crippen LogP contribution is 2.46. The van der Waals surface area contributed by atoms with Gasteiger partial charge in [-0.15, -0.1) is 0 Å². The molecular formula is C7H11ClO. The Kier molecular flexibility index (Phi) is 1.55. The quantitative estimate of drug-likeness (QED) is 0.519. The zero-order chi connectivity index (χ0) is 7.07. The molecule has 1 fully saturated rings. The van der Waals surface area contributed by atoms with Gasteiger partial charge in [0.15, 0.2) is 0 Å². The minimum absolute atomic E-state index is 0.166. The average molecular weight is 147 g/mol. The Bertz CT molecular complexity index is 136. The molecule has 2 heteroatoms. The molecule has 1 rings (SSSR count). The van der Waals surface area contributed by atoms with Gasteiger partial charge in [-0.2, -0.15) is 0 Å². The third-order valence-corrected chi connectivity index (χ3v) is 2.53. The molecule has 9 heavy (non-hydrogen) atoms. The number of hydrogen-bond acceptors (Lipinski definition) is 1. The van der Waals surface area contributed by atoms with Crippen LogP contribution in [0.3, 0.4) is 0 Å². The summed E-state index contributed by atoms with van der Waals surface area (Å²) < 4.78 is 0. The van der Waals surface area contributed by atoms with Crippen LogP contribution < -0.4 is 0 Å². The highest BCUT2D eigenvalue weighted by molar-refractivity contribution is 6.64. The minimum Gasteiger partial charge on any atom is -0.281 e. The molecule has 0 saturated heterocycles. The first-order valence-electron chi connectivity index (χ1n) is 3.24. The van der Waals surface area contributed by atoms with Gasteiger partial charge in [0.05, 0.1) is 0 Å². The van der Waals surface area contributed by atoms with Crippen molar-refractivity contribution in [2.45, 2.75) is 26.7 Å². The van der Waals surface area contributed by atoms with E-state index in [-0.39, 0.29) is 10.7 Å². The Labute approximate surface area is 60.4 Å². The molecule has 0 amide bonds. The summed E-state index contributed by atoms with van der Waals surface area (Å²) in [5, 5.41) is -0.166. The maximum atomic E-state index is 10.7. The van der Waals surface area contributed by atoms with Crippen LogP contribution in [0.15, 0.2) is 0 Å². The third kappa shape index (κ3) is 1.11. The van der Waals surface area contributed by atoms with E-state index in [0.717, 1.165) is 12.8 Å². The van der Waals surface area contributed by atoms with E-state index >= 15 is 0 Å². The summed E-state index contributed by atoms with van der Waals surface area (Å²) in [7, 11) is 0. The molecule has 1 nitrogen and oxygen atoms in total. The molecule has 0 unspecified atom stereocenters. The summed E-state index contributed by atoms with van der Waals surface area (Å²) in [5.74, 6) is 0.692. The van der Waals surface area contributed by atoms with Crippen molar-refractivity contribution in [3.05, 3.63) is 0 Å². The van der Waals surface area contributed by atoms with Crippen LogP contribution in [0.1, 0.15) is 26.7 Å². The number of halogens is 1. The third-order valence-electron chi connectivity index (χ3n) is 2.07. The Hall–Kier alpha value is -0.0400. The second kappa shape index (κ2) is 1.98. The first-order chi connectivity index (χ1) is 4.04. The van der Waals surface area contributed by atoms with Gasteiger partial charge in [-0.25, -0.2) is 0 Å². The van der Waals surface area contributed by atoms with Crippen molar-refractivity contribution in [2.24, 2.45) is 11.3 Å². The smallest absolute Gasteiger partial charge is 0.227 e. The fraction of sp³-hybridized carbons (Fsp3) is 0.857. The molecule has 1 aliphatic rings. The molecular weight excluding hydrogens is 136 g/mol. The standard InChI is InChI=1S/C7H11ClO/c1-5-3-7(2,4-5)6(8)9/h5H,3-4H2,1-2H3. The first kappa shape index (κ1) is 7.07. The molecule has 1 aliphatic carbocycles. The predicted molar refractivity (Wildman–Crippen MR) is 37.4 cm³/mol. The van der Waals surface area contributed by atoms with Gasteiger partial charge in [0.1, 0.15) is 0 Å². The van der Waals surface area contributed by atoms with Crippen molar-refractivity contribution in [1.82, 2.24) is 0 Å². The highest BCUT2D eigenvalue weighted by atomic mass is 35.5. The van der Waals surface area contributed by atoms with Crippen molar-refractivity contribution in [3.8, 4) is 0 Å². The topological polar surface area (TPSA) is 17.1 Å². The van der Waals surface area contributed by atoms with Crippen molar-refractivity contribution < 1.29 is 4.79 Å². The van der Waals surface area contributed by atoms with Crippen molar-refractivity contribution in [1.29, 1.82) is 0 Å². The zero-order valence-corrected chi connectivity index (χ0v) is 6.53. The molecule has 1 saturated carbocycles. The van der Waals surface area contributed by atoms with Gasteiger partial charge in [0, 0.05) is 5.41 Å². The van der Waals surface area contributed by atoms with Crippen LogP contribution >= 0.6 is 11.6 Å². The van der Waals surface area contributed by atoms with Crippen molar-refractivity contribution in [3.63, 3.8) is 0 Å². The van der Waals surface area contributed by atoms with Crippen LogP contribution in [0, 0.1) is 11.3 Å². The Balaban J connectivity index is 2.50. The highest BCUT2D eigenvalue weighted by Gasteiger charge is 2.42. The van der Waals surface area contributed by atoms with Crippen LogP contribution in [0.4, 0.5) is 0 Å². The van der Waals surface area contributed by atoms with Gasteiger partial charge >= 0.3 is 0 Å². The van der Waals surface area contributed by atoms with E-state index in [1.54, 1.807) is 0 Å². The zero-order valence-electron chi connectivity index (χ0n) is 5.78. The molecule has 0 radical (unpaired) electrons. The van der Waals surface area contributed by atoms with Gasteiger partial charge in [0.2, 0.25) is 5.24 Å². The van der Waals surface area contributed by atoms with Gasteiger partial charge in [-0.3, -0.25) is 4.79 Å². The molecule has 0 aromatic heterocycles. The summed E-state index contributed by atoms with van der Waals surface area (Å²) in [6.07, 6.45) is 1.94. The maximum Gasteiger partial charge on any atom is 0.227 e. The largest absolute Gasteiger partial charge is 0.281 e. The average Bonchev–Trinajstić information content (AvgIpc) is 1.62. The normalized spacial score (nSPS) is 41.9. The van der Waals surface area contributed by atoms with Gasteiger partial charge in [0.25, 0.3) is 0 Å². The number of carbonyl (C=O) groups excluding carboxylic acids is 1. The van der Waals surface area contributed by atoms with E-state index in [0.29, 0.717) is 5.92 Å². The summed E-state index contributed by atoms with van der Waals surface area (Å²) in [6, 6.07) is 0. The fourth-order valence-electron chi connectivity index (χ4n) is 1.64. The SMILES string of the molecule is CC1CC(C)(C(=O)Cl)C1. The second-order valence-electron chi connectivity index (χ2n) is 3.35. The summed E-state index contributed by atoms with van der Waals surface area (Å²) in [4.78, 5) is 10.7.